The normalized spacial score (nSPS) is 17.7. The number of nitrogens with zero attached hydrogens (tertiary/aromatic N) is 1. The molecule has 0 bridgehead atoms. The Morgan fingerprint density at radius 3 is 1.87 bits per heavy atom. The number of esters is 1. The molecule has 0 aliphatic heterocycles. The quantitative estimate of drug-likeness (QED) is 0.658. The van der Waals surface area contributed by atoms with E-state index < -0.39 is 0 Å². The van der Waals surface area contributed by atoms with E-state index in [2.05, 4.69) is 20.8 Å². The van der Waals surface area contributed by atoms with Crippen LogP contribution in [0.3, 0.4) is 0 Å². The Balaban J connectivity index is 4.18. The summed E-state index contributed by atoms with van der Waals surface area (Å²) in [5.41, 5.74) is 0. The van der Waals surface area contributed by atoms with Crippen LogP contribution < -0.4 is 0 Å². The van der Waals surface area contributed by atoms with Crippen LogP contribution in [0, 0.1) is 11.8 Å². The molecule has 90 valence electrons. The third-order valence-electron chi connectivity index (χ3n) is 3.21. The first-order valence-electron chi connectivity index (χ1n) is 5.64. The van der Waals surface area contributed by atoms with Gasteiger partial charge in [-0.2, -0.15) is 0 Å². The SMILES string of the molecule is CC(C)C(C)C(C)OC(=O)C(C)N(C)C. The minimum Gasteiger partial charge on any atom is -0.461 e. The van der Waals surface area contributed by atoms with Crippen molar-refractivity contribution < 1.29 is 9.53 Å². The van der Waals surface area contributed by atoms with E-state index in [0.29, 0.717) is 11.8 Å². The predicted octanol–water partition coefficient (Wildman–Crippen LogP) is 2.16. The van der Waals surface area contributed by atoms with E-state index in [-0.39, 0.29) is 18.1 Å². The molecule has 0 aromatic rings. The van der Waals surface area contributed by atoms with Gasteiger partial charge in [-0.1, -0.05) is 20.8 Å². The lowest BCUT2D eigenvalue weighted by Gasteiger charge is -2.26. The first-order chi connectivity index (χ1) is 6.77. The molecule has 3 atom stereocenters. The van der Waals surface area contributed by atoms with Crippen LogP contribution in [0.5, 0.6) is 0 Å². The van der Waals surface area contributed by atoms with Crippen LogP contribution in [0.4, 0.5) is 0 Å². The number of ether oxygens (including phenoxy) is 1. The minimum atomic E-state index is -0.174. The van der Waals surface area contributed by atoms with Gasteiger partial charge in [-0.3, -0.25) is 9.69 Å². The molecule has 0 heterocycles. The van der Waals surface area contributed by atoms with Crippen LogP contribution in [0.2, 0.25) is 0 Å². The van der Waals surface area contributed by atoms with E-state index in [0.717, 1.165) is 0 Å². The summed E-state index contributed by atoms with van der Waals surface area (Å²) in [5, 5.41) is 0. The average molecular weight is 215 g/mol. The Labute approximate surface area is 93.8 Å². The lowest BCUT2D eigenvalue weighted by molar-refractivity contribution is -0.156. The van der Waals surface area contributed by atoms with Crippen molar-refractivity contribution in [3.8, 4) is 0 Å². The van der Waals surface area contributed by atoms with Gasteiger partial charge in [-0.25, -0.2) is 0 Å². The predicted molar refractivity (Wildman–Crippen MR) is 62.7 cm³/mol. The number of carbonyl (C=O) groups excluding carboxylic acids is 1. The topological polar surface area (TPSA) is 29.5 Å². The highest BCUT2D eigenvalue weighted by Gasteiger charge is 2.23. The van der Waals surface area contributed by atoms with Crippen LogP contribution in [0.15, 0.2) is 0 Å². The monoisotopic (exact) mass is 215 g/mol. The van der Waals surface area contributed by atoms with Gasteiger partial charge in [-0.05, 0) is 39.8 Å². The molecule has 0 fully saturated rings. The van der Waals surface area contributed by atoms with Crippen molar-refractivity contribution in [3.05, 3.63) is 0 Å². The lowest BCUT2D eigenvalue weighted by Crippen LogP contribution is -2.37. The largest absolute Gasteiger partial charge is 0.461 e. The number of hydrogen-bond donors (Lipinski definition) is 0. The fourth-order valence-corrected chi connectivity index (χ4v) is 1.14. The zero-order valence-electron chi connectivity index (χ0n) is 11.1. The van der Waals surface area contributed by atoms with E-state index in [1.807, 2.05) is 32.8 Å². The summed E-state index contributed by atoms with van der Waals surface area (Å²) in [4.78, 5) is 13.5. The van der Waals surface area contributed by atoms with E-state index in [4.69, 9.17) is 4.74 Å². The van der Waals surface area contributed by atoms with Gasteiger partial charge in [0.2, 0.25) is 0 Å². The van der Waals surface area contributed by atoms with E-state index in [1.54, 1.807) is 0 Å². The molecule has 3 heteroatoms. The van der Waals surface area contributed by atoms with Gasteiger partial charge in [-0.15, -0.1) is 0 Å². The van der Waals surface area contributed by atoms with Gasteiger partial charge in [0.1, 0.15) is 12.1 Å². The highest BCUT2D eigenvalue weighted by atomic mass is 16.5. The van der Waals surface area contributed by atoms with Crippen LogP contribution >= 0.6 is 0 Å². The van der Waals surface area contributed by atoms with E-state index in [1.165, 1.54) is 0 Å². The molecule has 0 aliphatic carbocycles. The van der Waals surface area contributed by atoms with E-state index >= 15 is 0 Å². The lowest BCUT2D eigenvalue weighted by atomic mass is 9.93. The zero-order valence-corrected chi connectivity index (χ0v) is 11.1. The molecule has 0 spiro atoms. The van der Waals surface area contributed by atoms with Crippen molar-refractivity contribution in [3.63, 3.8) is 0 Å². The smallest absolute Gasteiger partial charge is 0.323 e. The Hall–Kier alpha value is -0.570. The molecule has 0 aromatic carbocycles. The summed E-state index contributed by atoms with van der Waals surface area (Å²) in [5.74, 6) is 0.783. The minimum absolute atomic E-state index is 0.0140. The highest BCUT2D eigenvalue weighted by Crippen LogP contribution is 2.17. The molecule has 0 saturated carbocycles. The second-order valence-corrected chi connectivity index (χ2v) is 4.88. The Morgan fingerprint density at radius 2 is 1.53 bits per heavy atom. The third-order valence-corrected chi connectivity index (χ3v) is 3.21. The highest BCUT2D eigenvalue weighted by molar-refractivity contribution is 5.75. The summed E-state index contributed by atoms with van der Waals surface area (Å²) >= 11 is 0. The molecule has 0 aliphatic rings. The average Bonchev–Trinajstić information content (AvgIpc) is 2.14. The summed E-state index contributed by atoms with van der Waals surface area (Å²) in [6.07, 6.45) is -0.0140. The Kier molecular flexibility index (Phi) is 5.88. The van der Waals surface area contributed by atoms with Crippen LogP contribution in [-0.4, -0.2) is 37.1 Å². The summed E-state index contributed by atoms with van der Waals surface area (Å²) in [6, 6.07) is -0.174. The van der Waals surface area contributed by atoms with E-state index in [9.17, 15) is 4.79 Å². The Bertz CT molecular complexity index is 202. The summed E-state index contributed by atoms with van der Waals surface area (Å²) in [7, 11) is 3.75. The first kappa shape index (κ1) is 14.4. The molecule has 3 unspecified atom stereocenters. The maximum absolute atomic E-state index is 11.7. The molecule has 15 heavy (non-hydrogen) atoms. The fraction of sp³-hybridized carbons (Fsp3) is 0.917. The third kappa shape index (κ3) is 4.65. The van der Waals surface area contributed by atoms with Gasteiger partial charge in [0.25, 0.3) is 0 Å². The second kappa shape index (κ2) is 6.11. The number of hydrogen-bond acceptors (Lipinski definition) is 3. The van der Waals surface area contributed by atoms with Crippen molar-refractivity contribution in [2.75, 3.05) is 14.1 Å². The summed E-state index contributed by atoms with van der Waals surface area (Å²) < 4.78 is 5.42. The van der Waals surface area contributed by atoms with Crippen molar-refractivity contribution >= 4 is 5.97 Å². The molecule has 0 radical (unpaired) electrons. The zero-order chi connectivity index (χ0) is 12.2. The molecular weight excluding hydrogens is 190 g/mol. The molecule has 0 rings (SSSR count). The Morgan fingerprint density at radius 1 is 1.07 bits per heavy atom. The van der Waals surface area contributed by atoms with Gasteiger partial charge >= 0.3 is 5.97 Å². The maximum Gasteiger partial charge on any atom is 0.323 e. The first-order valence-corrected chi connectivity index (χ1v) is 5.64. The van der Waals surface area contributed by atoms with Crippen molar-refractivity contribution in [1.82, 2.24) is 4.90 Å². The standard InChI is InChI=1S/C12H25NO2/c1-8(2)9(3)11(5)15-12(14)10(4)13(6)7/h8-11H,1-7H3. The molecule has 0 aromatic heterocycles. The molecule has 0 amide bonds. The van der Waals surface area contributed by atoms with Gasteiger partial charge in [0.15, 0.2) is 0 Å². The fourth-order valence-electron chi connectivity index (χ4n) is 1.14. The van der Waals surface area contributed by atoms with Crippen LogP contribution in [0.1, 0.15) is 34.6 Å². The van der Waals surface area contributed by atoms with Gasteiger partial charge < -0.3 is 4.74 Å². The van der Waals surface area contributed by atoms with Gasteiger partial charge in [0.05, 0.1) is 0 Å². The second-order valence-electron chi connectivity index (χ2n) is 4.88. The summed E-state index contributed by atoms with van der Waals surface area (Å²) in [6.45, 7) is 10.2. The van der Waals surface area contributed by atoms with Crippen molar-refractivity contribution in [1.29, 1.82) is 0 Å². The number of likely N-dealkylation sites (N-methyl/N-ethyl adjacent to an activating group) is 1. The van der Waals surface area contributed by atoms with Crippen molar-refractivity contribution in [2.45, 2.75) is 46.8 Å². The maximum atomic E-state index is 11.7. The molecule has 0 N–H and O–H groups in total. The molecule has 0 saturated heterocycles. The molecular formula is C12H25NO2. The van der Waals surface area contributed by atoms with Crippen LogP contribution in [0.25, 0.3) is 0 Å². The van der Waals surface area contributed by atoms with Gasteiger partial charge in [0, 0.05) is 0 Å². The number of rotatable bonds is 5. The number of carbonyl (C=O) groups is 1. The molecule has 3 nitrogen and oxygen atoms in total. The van der Waals surface area contributed by atoms with Crippen LogP contribution in [-0.2, 0) is 9.53 Å². The van der Waals surface area contributed by atoms with Crippen molar-refractivity contribution in [2.24, 2.45) is 11.8 Å².